The van der Waals surface area contributed by atoms with Gasteiger partial charge in [-0.3, -0.25) is 4.79 Å². The second-order valence-corrected chi connectivity index (χ2v) is 5.04. The van der Waals surface area contributed by atoms with Crippen LogP contribution in [0.3, 0.4) is 0 Å². The normalized spacial score (nSPS) is 10.8. The first-order chi connectivity index (χ1) is 9.16. The molecule has 0 amide bonds. The van der Waals surface area contributed by atoms with Crippen molar-refractivity contribution >= 4 is 39.9 Å². The molecule has 94 valence electrons. The van der Waals surface area contributed by atoms with Gasteiger partial charge in [0.25, 0.3) is 0 Å². The summed E-state index contributed by atoms with van der Waals surface area (Å²) in [6.07, 6.45) is 1.69. The number of halogens is 2. The van der Waals surface area contributed by atoms with Crippen LogP contribution in [-0.4, -0.2) is 10.8 Å². The molecule has 4 heteroatoms. The second-order valence-electron chi connectivity index (χ2n) is 4.20. The molecular formula is C15H9Cl2NO. The summed E-state index contributed by atoms with van der Waals surface area (Å²) in [6.45, 7) is 0. The molecule has 0 spiro atoms. The molecule has 1 heterocycles. The third-order valence-corrected chi connectivity index (χ3v) is 3.57. The molecule has 19 heavy (non-hydrogen) atoms. The van der Waals surface area contributed by atoms with Gasteiger partial charge in [-0.2, -0.15) is 0 Å². The summed E-state index contributed by atoms with van der Waals surface area (Å²) < 4.78 is 0. The number of benzene rings is 2. The van der Waals surface area contributed by atoms with E-state index in [0.29, 0.717) is 21.2 Å². The number of H-pyrrole nitrogens is 1. The second kappa shape index (κ2) is 4.72. The quantitative estimate of drug-likeness (QED) is 0.681. The van der Waals surface area contributed by atoms with Crippen LogP contribution >= 0.6 is 23.2 Å². The van der Waals surface area contributed by atoms with E-state index in [0.717, 1.165) is 10.9 Å². The van der Waals surface area contributed by atoms with E-state index in [1.54, 1.807) is 42.6 Å². The van der Waals surface area contributed by atoms with Crippen molar-refractivity contribution in [2.75, 3.05) is 0 Å². The molecule has 3 rings (SSSR count). The largest absolute Gasteiger partial charge is 0.360 e. The van der Waals surface area contributed by atoms with Crippen molar-refractivity contribution < 1.29 is 4.79 Å². The van der Waals surface area contributed by atoms with Crippen molar-refractivity contribution in [3.8, 4) is 0 Å². The molecule has 0 unspecified atom stereocenters. The van der Waals surface area contributed by atoms with Crippen LogP contribution in [-0.2, 0) is 0 Å². The summed E-state index contributed by atoms with van der Waals surface area (Å²) in [6, 6.07) is 12.4. The van der Waals surface area contributed by atoms with Crippen LogP contribution in [0.5, 0.6) is 0 Å². The molecule has 1 N–H and O–H groups in total. The SMILES string of the molecule is O=C(c1ccccc1Cl)c1c[nH]c2cc(Cl)ccc12. The number of aromatic amines is 1. The van der Waals surface area contributed by atoms with E-state index in [1.807, 2.05) is 6.07 Å². The van der Waals surface area contributed by atoms with E-state index in [1.165, 1.54) is 0 Å². The Labute approximate surface area is 120 Å². The highest BCUT2D eigenvalue weighted by atomic mass is 35.5. The van der Waals surface area contributed by atoms with Gasteiger partial charge in [-0.05, 0) is 24.3 Å². The third-order valence-electron chi connectivity index (χ3n) is 3.01. The van der Waals surface area contributed by atoms with Gasteiger partial charge in [0.1, 0.15) is 0 Å². The minimum Gasteiger partial charge on any atom is -0.360 e. The molecule has 3 aromatic rings. The first-order valence-corrected chi connectivity index (χ1v) is 6.48. The van der Waals surface area contributed by atoms with Gasteiger partial charge < -0.3 is 4.98 Å². The number of carbonyl (C=O) groups is 1. The predicted octanol–water partition coefficient (Wildman–Crippen LogP) is 4.71. The summed E-state index contributed by atoms with van der Waals surface area (Å²) >= 11 is 12.0. The highest BCUT2D eigenvalue weighted by Crippen LogP contribution is 2.26. The number of aromatic nitrogens is 1. The maximum Gasteiger partial charge on any atom is 0.196 e. The van der Waals surface area contributed by atoms with Crippen LogP contribution in [0.4, 0.5) is 0 Å². The molecule has 1 aromatic heterocycles. The molecular weight excluding hydrogens is 281 g/mol. The minimum absolute atomic E-state index is 0.0980. The van der Waals surface area contributed by atoms with E-state index in [2.05, 4.69) is 4.98 Å². The number of rotatable bonds is 2. The fraction of sp³-hybridized carbons (Fsp3) is 0. The molecule has 2 aromatic carbocycles. The lowest BCUT2D eigenvalue weighted by Gasteiger charge is -2.02. The van der Waals surface area contributed by atoms with E-state index in [-0.39, 0.29) is 5.78 Å². The van der Waals surface area contributed by atoms with Gasteiger partial charge in [0.15, 0.2) is 5.78 Å². The number of fused-ring (bicyclic) bond motifs is 1. The highest BCUT2D eigenvalue weighted by Gasteiger charge is 2.16. The molecule has 2 nitrogen and oxygen atoms in total. The van der Waals surface area contributed by atoms with Crippen molar-refractivity contribution in [2.24, 2.45) is 0 Å². The van der Waals surface area contributed by atoms with Gasteiger partial charge in [0, 0.05) is 33.2 Å². The summed E-state index contributed by atoms with van der Waals surface area (Å²) in [4.78, 5) is 15.5. The van der Waals surface area contributed by atoms with Gasteiger partial charge in [-0.1, -0.05) is 41.4 Å². The van der Waals surface area contributed by atoms with Crippen molar-refractivity contribution in [1.29, 1.82) is 0 Å². The van der Waals surface area contributed by atoms with E-state index >= 15 is 0 Å². The summed E-state index contributed by atoms with van der Waals surface area (Å²) in [5.74, 6) is -0.0980. The maximum atomic E-state index is 12.5. The molecule has 0 atom stereocenters. The molecule has 0 radical (unpaired) electrons. The van der Waals surface area contributed by atoms with Crippen molar-refractivity contribution in [2.45, 2.75) is 0 Å². The lowest BCUT2D eigenvalue weighted by molar-refractivity contribution is 0.104. The van der Waals surface area contributed by atoms with E-state index in [4.69, 9.17) is 23.2 Å². The van der Waals surface area contributed by atoms with Gasteiger partial charge in [-0.15, -0.1) is 0 Å². The fourth-order valence-electron chi connectivity index (χ4n) is 2.08. The summed E-state index contributed by atoms with van der Waals surface area (Å²) in [5.41, 5.74) is 1.93. The van der Waals surface area contributed by atoms with Crippen molar-refractivity contribution in [3.05, 3.63) is 69.8 Å². The molecule has 0 aliphatic rings. The van der Waals surface area contributed by atoms with Crippen molar-refractivity contribution in [3.63, 3.8) is 0 Å². The minimum atomic E-state index is -0.0980. The van der Waals surface area contributed by atoms with Gasteiger partial charge in [-0.25, -0.2) is 0 Å². The highest BCUT2D eigenvalue weighted by molar-refractivity contribution is 6.35. The number of carbonyl (C=O) groups excluding carboxylic acids is 1. The Balaban J connectivity index is 2.15. The fourth-order valence-corrected chi connectivity index (χ4v) is 2.47. The third kappa shape index (κ3) is 2.14. The Kier molecular flexibility index (Phi) is 3.05. The Hall–Kier alpha value is -1.77. The molecule has 0 saturated carbocycles. The van der Waals surface area contributed by atoms with Gasteiger partial charge in [0.2, 0.25) is 0 Å². The standard InChI is InChI=1S/C15H9Cl2NO/c16-9-5-6-10-12(8-18-14(10)7-9)15(19)11-3-1-2-4-13(11)17/h1-8,18H. The van der Waals surface area contributed by atoms with Crippen LogP contribution in [0.2, 0.25) is 10.0 Å². The Bertz CT molecular complexity index is 777. The van der Waals surface area contributed by atoms with Gasteiger partial charge >= 0.3 is 0 Å². The Morgan fingerprint density at radius 2 is 1.79 bits per heavy atom. The van der Waals surface area contributed by atoms with Crippen LogP contribution in [0, 0.1) is 0 Å². The van der Waals surface area contributed by atoms with Crippen LogP contribution < -0.4 is 0 Å². The lowest BCUT2D eigenvalue weighted by Crippen LogP contribution is -2.00. The maximum absolute atomic E-state index is 12.5. The molecule has 0 bridgehead atoms. The Morgan fingerprint density at radius 1 is 1.00 bits per heavy atom. The molecule has 0 aliphatic heterocycles. The van der Waals surface area contributed by atoms with Crippen LogP contribution in [0.15, 0.2) is 48.7 Å². The topological polar surface area (TPSA) is 32.9 Å². The lowest BCUT2D eigenvalue weighted by atomic mass is 10.0. The number of hydrogen-bond acceptors (Lipinski definition) is 1. The zero-order chi connectivity index (χ0) is 13.4. The molecule has 0 aliphatic carbocycles. The summed E-state index contributed by atoms with van der Waals surface area (Å²) in [7, 11) is 0. The Morgan fingerprint density at radius 3 is 2.58 bits per heavy atom. The molecule has 0 saturated heterocycles. The zero-order valence-corrected chi connectivity index (χ0v) is 11.3. The number of hydrogen-bond donors (Lipinski definition) is 1. The molecule has 0 fully saturated rings. The number of ketones is 1. The average Bonchev–Trinajstić information content (AvgIpc) is 2.81. The van der Waals surface area contributed by atoms with E-state index < -0.39 is 0 Å². The van der Waals surface area contributed by atoms with Gasteiger partial charge in [0.05, 0.1) is 5.02 Å². The smallest absolute Gasteiger partial charge is 0.196 e. The van der Waals surface area contributed by atoms with Crippen LogP contribution in [0.25, 0.3) is 10.9 Å². The van der Waals surface area contributed by atoms with Crippen LogP contribution in [0.1, 0.15) is 15.9 Å². The average molecular weight is 290 g/mol. The zero-order valence-electron chi connectivity index (χ0n) is 9.78. The predicted molar refractivity (Wildman–Crippen MR) is 78.2 cm³/mol. The monoisotopic (exact) mass is 289 g/mol. The van der Waals surface area contributed by atoms with Crippen molar-refractivity contribution in [1.82, 2.24) is 4.98 Å². The number of nitrogens with one attached hydrogen (secondary N) is 1. The first kappa shape index (κ1) is 12.3. The van der Waals surface area contributed by atoms with E-state index in [9.17, 15) is 4.79 Å². The summed E-state index contributed by atoms with van der Waals surface area (Å²) in [5, 5.41) is 1.93. The first-order valence-electron chi connectivity index (χ1n) is 5.72.